The third-order valence-corrected chi connectivity index (χ3v) is 4.40. The van der Waals surface area contributed by atoms with Crippen LogP contribution in [0.25, 0.3) is 0 Å². The lowest BCUT2D eigenvalue weighted by Crippen LogP contribution is -2.45. The third kappa shape index (κ3) is 8.73. The van der Waals surface area contributed by atoms with Crippen molar-refractivity contribution < 1.29 is 30.5 Å². The van der Waals surface area contributed by atoms with Crippen LogP contribution in [0.15, 0.2) is 30.3 Å². The van der Waals surface area contributed by atoms with Gasteiger partial charge >= 0.3 is 19.7 Å². The van der Waals surface area contributed by atoms with Crippen LogP contribution in [0.3, 0.4) is 0 Å². The van der Waals surface area contributed by atoms with E-state index >= 15 is 0 Å². The first-order valence-corrected chi connectivity index (χ1v) is 10.1. The second kappa shape index (κ2) is 11.9. The summed E-state index contributed by atoms with van der Waals surface area (Å²) in [5.74, 6) is -0.943. The summed E-state index contributed by atoms with van der Waals surface area (Å²) in [6.45, 7) is 9.65. The number of amides is 1. The standard InChI is InChI=1S/C16H21NO4.C5H14BNO2/c1-16(2,3)21-15(20)17-10-9-12(13(17)14(18)19)11-7-5-4-6-8-11;1-4(2)3-5(7)9-6-8/h4-8,12-13H,9-10H2,1-3H3,(H,18,19);4-6,8H,3,7H2,1-2H3/t12-,13-;5-/m01/s1/i7D;. The number of nitrogens with zero attached hydrogens (tertiary/aromatic N) is 1. The highest BCUT2D eigenvalue weighted by molar-refractivity contribution is 6.15. The highest BCUT2D eigenvalue weighted by Gasteiger charge is 2.44. The van der Waals surface area contributed by atoms with Gasteiger partial charge in [0.2, 0.25) is 0 Å². The van der Waals surface area contributed by atoms with Crippen LogP contribution in [0.4, 0.5) is 4.79 Å². The van der Waals surface area contributed by atoms with Gasteiger partial charge in [-0.2, -0.15) is 0 Å². The summed E-state index contributed by atoms with van der Waals surface area (Å²) in [6, 6.07) is 6.20. The molecule has 0 bridgehead atoms. The van der Waals surface area contributed by atoms with Gasteiger partial charge in [-0.3, -0.25) is 4.90 Å². The zero-order valence-electron chi connectivity index (χ0n) is 19.5. The first-order chi connectivity index (χ1) is 14.4. The number of likely N-dealkylation sites (tertiary alicyclic amines) is 1. The van der Waals surface area contributed by atoms with Gasteiger partial charge < -0.3 is 25.3 Å². The van der Waals surface area contributed by atoms with E-state index in [9.17, 15) is 14.7 Å². The van der Waals surface area contributed by atoms with Crippen molar-refractivity contribution in [3.8, 4) is 0 Å². The van der Waals surface area contributed by atoms with Gasteiger partial charge in [0.25, 0.3) is 0 Å². The summed E-state index contributed by atoms with van der Waals surface area (Å²) in [5.41, 5.74) is 5.38. The number of carbonyl (C=O) groups excluding carboxylic acids is 1. The predicted octanol–water partition coefficient (Wildman–Crippen LogP) is 2.46. The maximum Gasteiger partial charge on any atom is 0.436 e. The summed E-state index contributed by atoms with van der Waals surface area (Å²) in [6.07, 6.45) is 0.368. The van der Waals surface area contributed by atoms with Crippen molar-refractivity contribution in [2.24, 2.45) is 11.7 Å². The zero-order chi connectivity index (χ0) is 23.8. The van der Waals surface area contributed by atoms with Gasteiger partial charge in [-0.1, -0.05) is 44.2 Å². The maximum atomic E-state index is 12.2. The fourth-order valence-corrected chi connectivity index (χ4v) is 3.22. The van der Waals surface area contributed by atoms with Crippen LogP contribution in [0.1, 0.15) is 60.3 Å². The Hall–Kier alpha value is -2.10. The van der Waals surface area contributed by atoms with Crippen molar-refractivity contribution in [3.05, 3.63) is 35.9 Å². The second-order valence-electron chi connectivity index (χ2n) is 8.63. The molecule has 30 heavy (non-hydrogen) atoms. The number of hydrogen-bond acceptors (Lipinski definition) is 6. The zero-order valence-corrected chi connectivity index (χ0v) is 18.5. The third-order valence-electron chi connectivity index (χ3n) is 4.40. The Kier molecular flexibility index (Phi) is 9.61. The van der Waals surface area contributed by atoms with Gasteiger partial charge in [0.1, 0.15) is 11.6 Å². The maximum absolute atomic E-state index is 12.2. The molecule has 1 aliphatic rings. The fraction of sp³-hybridized carbons (Fsp3) is 0.619. The van der Waals surface area contributed by atoms with E-state index in [-0.39, 0.29) is 13.9 Å². The van der Waals surface area contributed by atoms with Crippen molar-refractivity contribution in [2.45, 2.75) is 71.2 Å². The minimum atomic E-state index is -1.07. The molecule has 1 aromatic carbocycles. The Bertz CT molecular complexity index is 728. The molecule has 1 fully saturated rings. The second-order valence-corrected chi connectivity index (χ2v) is 8.63. The Morgan fingerprint density at radius 2 is 2.03 bits per heavy atom. The van der Waals surface area contributed by atoms with Crippen LogP contribution in [-0.2, 0) is 14.2 Å². The Balaban J connectivity index is 0.000000452. The van der Waals surface area contributed by atoms with Crippen LogP contribution in [0, 0.1) is 5.92 Å². The van der Waals surface area contributed by atoms with Gasteiger partial charge in [-0.05, 0) is 45.1 Å². The molecule has 0 radical (unpaired) electrons. The highest BCUT2D eigenvalue weighted by atomic mass is 16.6. The molecule has 3 atom stereocenters. The van der Waals surface area contributed by atoms with Crippen molar-refractivity contribution >= 4 is 19.7 Å². The minimum Gasteiger partial charge on any atom is -0.480 e. The quantitative estimate of drug-likeness (QED) is 0.475. The van der Waals surface area contributed by atoms with Crippen LogP contribution in [0.2, 0.25) is 0 Å². The molecule has 0 aliphatic carbocycles. The number of carboxylic acids is 1. The Labute approximate surface area is 181 Å². The summed E-state index contributed by atoms with van der Waals surface area (Å²) in [5, 5.41) is 17.8. The molecule has 1 heterocycles. The summed E-state index contributed by atoms with van der Waals surface area (Å²) in [7, 11) is -0.284. The molecule has 8 nitrogen and oxygen atoms in total. The van der Waals surface area contributed by atoms with E-state index in [2.05, 4.69) is 18.5 Å². The summed E-state index contributed by atoms with van der Waals surface area (Å²) in [4.78, 5) is 25.2. The van der Waals surface area contributed by atoms with Gasteiger partial charge in [0, 0.05) is 12.5 Å². The number of aliphatic carboxylic acids is 1. The Morgan fingerprint density at radius 1 is 1.37 bits per heavy atom. The molecule has 1 amide bonds. The van der Waals surface area contributed by atoms with Gasteiger partial charge in [0.15, 0.2) is 0 Å². The molecule has 0 spiro atoms. The topological polar surface area (TPSA) is 122 Å². The molecular weight excluding hydrogens is 387 g/mol. The van der Waals surface area contributed by atoms with Crippen molar-refractivity contribution in [3.63, 3.8) is 0 Å². The lowest BCUT2D eigenvalue weighted by Gasteiger charge is -2.28. The SMILES string of the molecule is CC(C)C[C@H](N)OBO.[2H]c1ccccc1[C@@H]1CCN(C(=O)OC(C)(C)C)[C@@H]1C(=O)O. The average Bonchev–Trinajstić information content (AvgIpc) is 3.06. The van der Waals surface area contributed by atoms with Gasteiger partial charge in [-0.15, -0.1) is 0 Å². The van der Waals surface area contributed by atoms with E-state index in [1.165, 1.54) is 4.90 Å². The van der Waals surface area contributed by atoms with Crippen molar-refractivity contribution in [2.75, 3.05) is 6.54 Å². The van der Waals surface area contributed by atoms with Crippen LogP contribution < -0.4 is 5.73 Å². The number of hydrogen-bond donors (Lipinski definition) is 3. The van der Waals surface area contributed by atoms with E-state index in [4.69, 9.17) is 16.9 Å². The van der Waals surface area contributed by atoms with Gasteiger partial charge in [0.05, 0.1) is 7.60 Å². The lowest BCUT2D eigenvalue weighted by atomic mass is 9.92. The molecule has 0 unspecified atom stereocenters. The van der Waals surface area contributed by atoms with E-state index < -0.39 is 29.6 Å². The van der Waals surface area contributed by atoms with E-state index in [0.717, 1.165) is 6.42 Å². The van der Waals surface area contributed by atoms with Crippen LogP contribution in [0.5, 0.6) is 0 Å². The molecule has 1 saturated heterocycles. The van der Waals surface area contributed by atoms with E-state index in [1.54, 1.807) is 45.0 Å². The molecule has 4 N–H and O–H groups in total. The van der Waals surface area contributed by atoms with Crippen LogP contribution in [-0.4, -0.2) is 59.2 Å². The average molecular weight is 423 g/mol. The Morgan fingerprint density at radius 3 is 2.53 bits per heavy atom. The molecule has 2 rings (SSSR count). The first kappa shape index (κ1) is 24.2. The van der Waals surface area contributed by atoms with E-state index in [0.29, 0.717) is 30.5 Å². The predicted molar refractivity (Wildman–Crippen MR) is 116 cm³/mol. The normalized spacial score (nSPS) is 20.1. The number of carboxylic acid groups (broad SMARTS) is 1. The summed E-state index contributed by atoms with van der Waals surface area (Å²) >= 11 is 0. The molecular formula is C21H35BN2O6. The molecule has 1 aliphatic heterocycles. The molecule has 1 aromatic rings. The first-order valence-electron chi connectivity index (χ1n) is 10.6. The monoisotopic (exact) mass is 423 g/mol. The molecule has 9 heteroatoms. The van der Waals surface area contributed by atoms with Crippen LogP contribution >= 0.6 is 0 Å². The molecule has 168 valence electrons. The number of benzene rings is 1. The van der Waals surface area contributed by atoms with Crippen molar-refractivity contribution in [1.82, 2.24) is 4.90 Å². The number of nitrogens with two attached hydrogens (primary N) is 1. The largest absolute Gasteiger partial charge is 0.480 e. The molecule has 0 aromatic heterocycles. The van der Waals surface area contributed by atoms with Crippen molar-refractivity contribution in [1.29, 1.82) is 0 Å². The smallest absolute Gasteiger partial charge is 0.436 e. The van der Waals surface area contributed by atoms with Gasteiger partial charge in [-0.25, -0.2) is 9.59 Å². The number of ether oxygens (including phenoxy) is 1. The van der Waals surface area contributed by atoms with E-state index in [1.807, 2.05) is 0 Å². The number of carbonyl (C=O) groups is 2. The molecule has 0 saturated carbocycles. The minimum absolute atomic E-state index is 0.284. The lowest BCUT2D eigenvalue weighted by molar-refractivity contribution is -0.142. The highest BCUT2D eigenvalue weighted by Crippen LogP contribution is 2.34. The number of rotatable bonds is 6. The fourth-order valence-electron chi connectivity index (χ4n) is 3.22. The summed E-state index contributed by atoms with van der Waals surface area (Å²) < 4.78 is 17.9.